The minimum absolute atomic E-state index is 0.0766. The highest BCUT2D eigenvalue weighted by atomic mass is 19.3. The largest absolute Gasteiger partial charge is 0.487 e. The lowest BCUT2D eigenvalue weighted by Gasteiger charge is -2.24. The van der Waals surface area contributed by atoms with E-state index in [0.29, 0.717) is 30.0 Å². The summed E-state index contributed by atoms with van der Waals surface area (Å²) < 4.78 is 40.0. The molecule has 162 valence electrons. The van der Waals surface area contributed by atoms with E-state index < -0.39 is 18.6 Å². The Morgan fingerprint density at radius 3 is 2.81 bits per heavy atom. The molecular formula is C21H20F2N4O4. The summed E-state index contributed by atoms with van der Waals surface area (Å²) in [5, 5.41) is 13.2. The van der Waals surface area contributed by atoms with Crippen LogP contribution in [0.3, 0.4) is 0 Å². The fourth-order valence-electron chi connectivity index (χ4n) is 3.39. The number of hydrogen-bond donors (Lipinski definition) is 1. The fourth-order valence-corrected chi connectivity index (χ4v) is 3.39. The van der Waals surface area contributed by atoms with Crippen LogP contribution in [-0.4, -0.2) is 37.4 Å². The van der Waals surface area contributed by atoms with Crippen molar-refractivity contribution in [3.63, 3.8) is 0 Å². The molecule has 3 aromatic rings. The van der Waals surface area contributed by atoms with Gasteiger partial charge in [0.1, 0.15) is 18.1 Å². The summed E-state index contributed by atoms with van der Waals surface area (Å²) in [4.78, 5) is 19.1. The zero-order valence-electron chi connectivity index (χ0n) is 16.4. The zero-order chi connectivity index (χ0) is 21.8. The number of halogens is 2. The smallest absolute Gasteiger partial charge is 0.354 e. The zero-order valence-corrected chi connectivity index (χ0v) is 16.4. The number of nitrogens with zero attached hydrogens (tertiary/aromatic N) is 4. The maximum Gasteiger partial charge on any atom is 0.354 e. The molecule has 0 aromatic carbocycles. The van der Waals surface area contributed by atoms with Gasteiger partial charge in [-0.3, -0.25) is 4.98 Å². The van der Waals surface area contributed by atoms with E-state index in [1.165, 1.54) is 23.1 Å². The van der Waals surface area contributed by atoms with Crippen molar-refractivity contribution in [3.8, 4) is 17.1 Å². The minimum Gasteiger partial charge on any atom is -0.487 e. The monoisotopic (exact) mass is 430 g/mol. The van der Waals surface area contributed by atoms with Crippen LogP contribution in [0.5, 0.6) is 5.75 Å². The molecule has 0 saturated carbocycles. The molecule has 3 aromatic heterocycles. The number of carboxylic acid groups (broad SMARTS) is 1. The van der Waals surface area contributed by atoms with Crippen LogP contribution in [0, 0.1) is 0 Å². The number of rotatable bonds is 7. The van der Waals surface area contributed by atoms with Gasteiger partial charge in [-0.2, -0.15) is 5.10 Å². The lowest BCUT2D eigenvalue weighted by molar-refractivity contribution is -0.0385. The third-order valence-electron chi connectivity index (χ3n) is 4.92. The van der Waals surface area contributed by atoms with E-state index in [1.54, 1.807) is 18.2 Å². The molecular weight excluding hydrogens is 410 g/mol. The third kappa shape index (κ3) is 4.69. The fraction of sp³-hybridized carbons (Fsp3) is 0.333. The van der Waals surface area contributed by atoms with Crippen molar-refractivity contribution in [1.29, 1.82) is 0 Å². The van der Waals surface area contributed by atoms with Crippen LogP contribution in [0.2, 0.25) is 0 Å². The summed E-state index contributed by atoms with van der Waals surface area (Å²) in [6, 6.07) is 6.27. The van der Waals surface area contributed by atoms with E-state index in [1.807, 2.05) is 0 Å². The second-order valence-electron chi connectivity index (χ2n) is 7.04. The molecule has 0 bridgehead atoms. The van der Waals surface area contributed by atoms with E-state index in [2.05, 4.69) is 15.1 Å². The van der Waals surface area contributed by atoms with E-state index >= 15 is 0 Å². The van der Waals surface area contributed by atoms with Crippen molar-refractivity contribution in [1.82, 2.24) is 19.7 Å². The second-order valence-corrected chi connectivity index (χ2v) is 7.04. The van der Waals surface area contributed by atoms with Gasteiger partial charge in [0, 0.05) is 12.8 Å². The van der Waals surface area contributed by atoms with Crippen molar-refractivity contribution in [2.24, 2.45) is 0 Å². The number of ether oxygens (including phenoxy) is 2. The number of carbonyl (C=O) groups is 1. The summed E-state index contributed by atoms with van der Waals surface area (Å²) in [6.07, 6.45) is 3.46. The number of carboxylic acids is 1. The molecule has 1 N–H and O–H groups in total. The average Bonchev–Trinajstić information content (AvgIpc) is 3.24. The van der Waals surface area contributed by atoms with E-state index in [4.69, 9.17) is 14.6 Å². The number of aromatic carboxylic acids is 1. The van der Waals surface area contributed by atoms with Gasteiger partial charge < -0.3 is 14.6 Å². The molecule has 0 spiro atoms. The molecule has 1 unspecified atom stereocenters. The van der Waals surface area contributed by atoms with Crippen LogP contribution >= 0.6 is 0 Å². The molecule has 4 rings (SSSR count). The van der Waals surface area contributed by atoms with Gasteiger partial charge in [-0.05, 0) is 49.1 Å². The van der Waals surface area contributed by atoms with Crippen LogP contribution in [0.15, 0.2) is 42.9 Å². The summed E-state index contributed by atoms with van der Waals surface area (Å²) in [6.45, 7) is 0.673. The highest BCUT2D eigenvalue weighted by Crippen LogP contribution is 2.35. The lowest BCUT2D eigenvalue weighted by Crippen LogP contribution is -2.20. The Balaban J connectivity index is 1.53. The maximum absolute atomic E-state index is 13.6. The molecule has 1 fully saturated rings. The highest BCUT2D eigenvalue weighted by Gasteiger charge is 2.26. The number of alkyl halides is 2. The van der Waals surface area contributed by atoms with E-state index in [-0.39, 0.29) is 23.6 Å². The molecule has 1 aliphatic heterocycles. The Morgan fingerprint density at radius 1 is 1.26 bits per heavy atom. The number of pyridine rings is 2. The first-order valence-electron chi connectivity index (χ1n) is 9.77. The molecule has 1 atom stereocenters. The van der Waals surface area contributed by atoms with Crippen LogP contribution in [-0.2, 0) is 11.3 Å². The highest BCUT2D eigenvalue weighted by molar-refractivity contribution is 5.85. The third-order valence-corrected chi connectivity index (χ3v) is 4.92. The molecule has 1 saturated heterocycles. The minimum atomic E-state index is -2.69. The van der Waals surface area contributed by atoms with Crippen molar-refractivity contribution >= 4 is 5.97 Å². The van der Waals surface area contributed by atoms with Gasteiger partial charge in [-0.1, -0.05) is 0 Å². The van der Waals surface area contributed by atoms with E-state index in [0.717, 1.165) is 19.0 Å². The van der Waals surface area contributed by atoms with Gasteiger partial charge in [0.15, 0.2) is 6.23 Å². The Morgan fingerprint density at radius 2 is 2.13 bits per heavy atom. The summed E-state index contributed by atoms with van der Waals surface area (Å²) in [5.41, 5.74) is 0.921. The lowest BCUT2D eigenvalue weighted by atomic mass is 10.1. The van der Waals surface area contributed by atoms with Crippen LogP contribution in [0.1, 0.15) is 53.5 Å². The molecule has 8 nitrogen and oxygen atoms in total. The van der Waals surface area contributed by atoms with Gasteiger partial charge >= 0.3 is 5.97 Å². The van der Waals surface area contributed by atoms with Gasteiger partial charge in [-0.15, -0.1) is 0 Å². The molecule has 0 amide bonds. The summed E-state index contributed by atoms with van der Waals surface area (Å²) in [5.74, 6) is -0.711. The first-order chi connectivity index (χ1) is 15.0. The Labute approximate surface area is 176 Å². The molecule has 31 heavy (non-hydrogen) atoms. The van der Waals surface area contributed by atoms with Gasteiger partial charge in [0.05, 0.1) is 29.3 Å². The van der Waals surface area contributed by atoms with Gasteiger partial charge in [0.2, 0.25) is 0 Å². The predicted molar refractivity (Wildman–Crippen MR) is 105 cm³/mol. The van der Waals surface area contributed by atoms with Crippen molar-refractivity contribution in [2.45, 2.75) is 38.5 Å². The standard InChI is InChI=1S/C21H20F2N4O4/c22-20(23)15-11-26-27(18-3-1-2-8-30-18)19(15)16-5-4-14(10-25-16)31-12-13-6-7-24-17(9-13)21(28)29/h4-7,9-11,18,20H,1-3,8,12H2,(H,28,29). The Kier molecular flexibility index (Phi) is 6.17. The maximum atomic E-state index is 13.6. The van der Waals surface area contributed by atoms with Crippen LogP contribution in [0.4, 0.5) is 8.78 Å². The first kappa shape index (κ1) is 20.9. The molecule has 0 radical (unpaired) electrons. The predicted octanol–water partition coefficient (Wildman–Crippen LogP) is 4.25. The van der Waals surface area contributed by atoms with Crippen LogP contribution < -0.4 is 4.74 Å². The molecule has 4 heterocycles. The normalized spacial score (nSPS) is 16.4. The Bertz CT molecular complexity index is 1050. The van der Waals surface area contributed by atoms with Crippen molar-refractivity contribution < 1.29 is 28.2 Å². The first-order valence-corrected chi connectivity index (χ1v) is 9.77. The van der Waals surface area contributed by atoms with E-state index in [9.17, 15) is 13.6 Å². The van der Waals surface area contributed by atoms with Gasteiger partial charge in [0.25, 0.3) is 6.43 Å². The molecule has 1 aliphatic rings. The van der Waals surface area contributed by atoms with Crippen molar-refractivity contribution in [2.75, 3.05) is 6.61 Å². The number of aromatic nitrogens is 4. The number of hydrogen-bond acceptors (Lipinski definition) is 6. The SMILES string of the molecule is O=C(O)c1cc(COc2ccc(-c3c(C(F)F)cnn3C3CCCCO3)nc2)ccn1. The molecule has 0 aliphatic carbocycles. The molecule has 10 heteroatoms. The van der Waals surface area contributed by atoms with Gasteiger partial charge in [-0.25, -0.2) is 23.2 Å². The van der Waals surface area contributed by atoms with Crippen LogP contribution in [0.25, 0.3) is 11.4 Å². The quantitative estimate of drug-likeness (QED) is 0.598. The summed E-state index contributed by atoms with van der Waals surface area (Å²) >= 11 is 0. The summed E-state index contributed by atoms with van der Waals surface area (Å²) in [7, 11) is 0. The second kappa shape index (κ2) is 9.17. The average molecular weight is 430 g/mol. The topological polar surface area (TPSA) is 99.4 Å². The Hall–Kier alpha value is -3.40. The van der Waals surface area contributed by atoms with Crippen molar-refractivity contribution in [3.05, 3.63) is 59.7 Å².